The van der Waals surface area contributed by atoms with Crippen molar-refractivity contribution in [3.05, 3.63) is 212 Å². The van der Waals surface area contributed by atoms with Crippen molar-refractivity contribution in [2.24, 2.45) is 0 Å². The fourth-order valence-electron chi connectivity index (χ4n) is 7.69. The Kier molecular flexibility index (Phi) is 8.51. The van der Waals surface area contributed by atoms with Gasteiger partial charge in [0.2, 0.25) is 0 Å². The lowest BCUT2D eigenvalue weighted by Gasteiger charge is -2.15. The van der Waals surface area contributed by atoms with E-state index in [4.69, 9.17) is 15.0 Å². The number of aromatic nitrogens is 3. The Balaban J connectivity index is 1.10. The molecule has 0 amide bonds. The molecule has 56 heavy (non-hydrogen) atoms. The molecule has 0 saturated carbocycles. The third-order valence-corrected chi connectivity index (χ3v) is 10.5. The molecule has 0 aliphatic rings. The molecule has 0 aliphatic heterocycles. The lowest BCUT2D eigenvalue weighted by Crippen LogP contribution is -1.96. The van der Waals surface area contributed by atoms with Crippen molar-refractivity contribution in [2.75, 3.05) is 0 Å². The van der Waals surface area contributed by atoms with E-state index in [-0.39, 0.29) is 0 Å². The Morgan fingerprint density at radius 3 is 1.46 bits per heavy atom. The third kappa shape index (κ3) is 6.31. The quantitative estimate of drug-likeness (QED) is 0.154. The normalized spacial score (nSPS) is 11.2. The molecule has 0 N–H and O–H groups in total. The number of hydrogen-bond donors (Lipinski definition) is 0. The van der Waals surface area contributed by atoms with E-state index in [1.165, 1.54) is 22.1 Å². The van der Waals surface area contributed by atoms with Crippen LogP contribution in [0.5, 0.6) is 0 Å². The van der Waals surface area contributed by atoms with Gasteiger partial charge in [-0.05, 0) is 51.6 Å². The van der Waals surface area contributed by atoms with Crippen LogP contribution in [-0.2, 0) is 0 Å². The van der Waals surface area contributed by atoms with Crippen molar-refractivity contribution < 1.29 is 0 Å². The van der Waals surface area contributed by atoms with Gasteiger partial charge < -0.3 is 0 Å². The van der Waals surface area contributed by atoms with Crippen molar-refractivity contribution >= 4 is 21.7 Å². The second-order valence-electron chi connectivity index (χ2n) is 14.0. The molecule has 8 aromatic carbocycles. The van der Waals surface area contributed by atoms with Gasteiger partial charge in [0.05, 0.1) is 22.6 Å². The lowest BCUT2D eigenvalue weighted by atomic mass is 9.92. The maximum Gasteiger partial charge on any atom is 0.160 e. The van der Waals surface area contributed by atoms with Crippen LogP contribution in [0, 0.1) is 0 Å². The topological polar surface area (TPSA) is 38.7 Å². The molecule has 10 rings (SSSR count). The standard InChI is InChI=1S/C53H35N3/c1-5-15-36(16-6-1)37-27-29-41(30-28-37)53-55-48(39-19-9-3-10-20-39)35-49(56-53)44-24-13-23-42(33-44)43-31-32-46-50(34-43)54-52(40-21-11-4-12-22-40)47-26-14-25-45(51(46)47)38-17-7-2-8-18-38/h1-35H. The minimum Gasteiger partial charge on any atom is -0.247 e. The molecule has 0 unspecified atom stereocenters. The summed E-state index contributed by atoms with van der Waals surface area (Å²) in [5.74, 6) is 0.691. The van der Waals surface area contributed by atoms with Gasteiger partial charge in [0.25, 0.3) is 0 Å². The number of hydrogen-bond acceptors (Lipinski definition) is 3. The van der Waals surface area contributed by atoms with E-state index in [2.05, 4.69) is 200 Å². The Bertz CT molecular complexity index is 2980. The van der Waals surface area contributed by atoms with Crippen LogP contribution in [0.1, 0.15) is 0 Å². The average molecular weight is 714 g/mol. The van der Waals surface area contributed by atoms with Crippen LogP contribution in [0.2, 0.25) is 0 Å². The molecule has 3 nitrogen and oxygen atoms in total. The molecule has 0 fully saturated rings. The summed E-state index contributed by atoms with van der Waals surface area (Å²) in [6, 6.07) is 74.5. The zero-order valence-corrected chi connectivity index (χ0v) is 30.5. The molecular formula is C53H35N3. The highest BCUT2D eigenvalue weighted by Gasteiger charge is 2.16. The number of rotatable bonds is 7. The highest BCUT2D eigenvalue weighted by molar-refractivity contribution is 6.17. The maximum atomic E-state index is 5.37. The Morgan fingerprint density at radius 1 is 0.268 bits per heavy atom. The molecule has 0 spiro atoms. The first-order valence-corrected chi connectivity index (χ1v) is 18.9. The van der Waals surface area contributed by atoms with Gasteiger partial charge >= 0.3 is 0 Å². The smallest absolute Gasteiger partial charge is 0.160 e. The molecule has 0 aliphatic carbocycles. The van der Waals surface area contributed by atoms with Crippen molar-refractivity contribution in [3.63, 3.8) is 0 Å². The van der Waals surface area contributed by atoms with Gasteiger partial charge in [-0.2, -0.15) is 0 Å². The number of benzene rings is 8. The van der Waals surface area contributed by atoms with E-state index >= 15 is 0 Å². The summed E-state index contributed by atoms with van der Waals surface area (Å²) in [6.45, 7) is 0. The summed E-state index contributed by atoms with van der Waals surface area (Å²) < 4.78 is 0. The van der Waals surface area contributed by atoms with E-state index in [1.807, 2.05) is 12.1 Å². The minimum atomic E-state index is 0.691. The van der Waals surface area contributed by atoms with Gasteiger partial charge in [0.1, 0.15) is 0 Å². The molecular weight excluding hydrogens is 679 g/mol. The molecule has 0 atom stereocenters. The Morgan fingerprint density at radius 2 is 0.768 bits per heavy atom. The SMILES string of the molecule is c1ccc(-c2ccc(-c3nc(-c4ccccc4)cc(-c4cccc(-c5ccc6c(c5)nc(-c5ccccc5)c5cccc(-c7ccccc7)c56)c4)n3)cc2)cc1. The summed E-state index contributed by atoms with van der Waals surface area (Å²) in [7, 11) is 0. The van der Waals surface area contributed by atoms with Gasteiger partial charge in [-0.1, -0.05) is 194 Å². The van der Waals surface area contributed by atoms with E-state index in [0.29, 0.717) is 5.82 Å². The Hall–Kier alpha value is -7.49. The van der Waals surface area contributed by atoms with Crippen molar-refractivity contribution in [1.29, 1.82) is 0 Å². The second-order valence-corrected chi connectivity index (χ2v) is 14.0. The zero-order valence-electron chi connectivity index (χ0n) is 30.5. The van der Waals surface area contributed by atoms with Gasteiger partial charge in [-0.25, -0.2) is 15.0 Å². The van der Waals surface area contributed by atoms with Gasteiger partial charge in [-0.15, -0.1) is 0 Å². The third-order valence-electron chi connectivity index (χ3n) is 10.5. The second kappa shape index (κ2) is 14.4. The molecule has 3 heteroatoms. The molecule has 2 aromatic heterocycles. The van der Waals surface area contributed by atoms with Gasteiger partial charge in [0, 0.05) is 38.4 Å². The molecule has 0 radical (unpaired) electrons. The van der Waals surface area contributed by atoms with Crippen LogP contribution in [-0.4, -0.2) is 15.0 Å². The van der Waals surface area contributed by atoms with Crippen LogP contribution in [0.25, 0.3) is 100 Å². The summed E-state index contributed by atoms with van der Waals surface area (Å²) in [6.07, 6.45) is 0. The molecule has 0 bridgehead atoms. The van der Waals surface area contributed by atoms with Crippen molar-refractivity contribution in [3.8, 4) is 78.5 Å². The molecule has 0 saturated heterocycles. The van der Waals surface area contributed by atoms with E-state index in [1.54, 1.807) is 0 Å². The summed E-state index contributed by atoms with van der Waals surface area (Å²) in [4.78, 5) is 15.6. The van der Waals surface area contributed by atoms with Crippen LogP contribution in [0.4, 0.5) is 0 Å². The number of fused-ring (bicyclic) bond motifs is 3. The summed E-state index contributed by atoms with van der Waals surface area (Å²) >= 11 is 0. The predicted molar refractivity (Wildman–Crippen MR) is 233 cm³/mol. The molecule has 2 heterocycles. The average Bonchev–Trinajstić information content (AvgIpc) is 3.29. The van der Waals surface area contributed by atoms with Crippen molar-refractivity contribution in [1.82, 2.24) is 15.0 Å². The first kappa shape index (κ1) is 33.1. The van der Waals surface area contributed by atoms with Crippen molar-refractivity contribution in [2.45, 2.75) is 0 Å². The first-order valence-electron chi connectivity index (χ1n) is 18.9. The van der Waals surface area contributed by atoms with Crippen LogP contribution in [0.3, 0.4) is 0 Å². The maximum absolute atomic E-state index is 5.37. The fourth-order valence-corrected chi connectivity index (χ4v) is 7.69. The summed E-state index contributed by atoms with van der Waals surface area (Å²) in [5, 5.41) is 3.48. The number of pyridine rings is 1. The van der Waals surface area contributed by atoms with E-state index < -0.39 is 0 Å². The molecule has 262 valence electrons. The van der Waals surface area contributed by atoms with Crippen LogP contribution < -0.4 is 0 Å². The highest BCUT2D eigenvalue weighted by atomic mass is 14.9. The van der Waals surface area contributed by atoms with Crippen LogP contribution >= 0.6 is 0 Å². The van der Waals surface area contributed by atoms with E-state index in [9.17, 15) is 0 Å². The highest BCUT2D eigenvalue weighted by Crippen LogP contribution is 2.40. The minimum absolute atomic E-state index is 0.691. The molecule has 10 aromatic rings. The number of nitrogens with zero attached hydrogens (tertiary/aromatic N) is 3. The monoisotopic (exact) mass is 713 g/mol. The van der Waals surface area contributed by atoms with Crippen LogP contribution in [0.15, 0.2) is 212 Å². The zero-order chi connectivity index (χ0) is 37.3. The first-order chi connectivity index (χ1) is 27.7. The van der Waals surface area contributed by atoms with Gasteiger partial charge in [0.15, 0.2) is 5.82 Å². The van der Waals surface area contributed by atoms with E-state index in [0.717, 1.165) is 72.3 Å². The van der Waals surface area contributed by atoms with Gasteiger partial charge in [-0.3, -0.25) is 0 Å². The Labute approximate surface area is 326 Å². The largest absolute Gasteiger partial charge is 0.247 e. The lowest BCUT2D eigenvalue weighted by molar-refractivity contribution is 1.18. The summed E-state index contributed by atoms with van der Waals surface area (Å²) in [5.41, 5.74) is 14.7. The predicted octanol–water partition coefficient (Wildman–Crippen LogP) is 13.8. The fraction of sp³-hybridized carbons (Fsp3) is 0.